The van der Waals surface area contributed by atoms with Crippen LogP contribution in [0.1, 0.15) is 10.4 Å². The van der Waals surface area contributed by atoms with Crippen LogP contribution in [0.15, 0.2) is 48.5 Å². The number of nitrogens with zero attached hydrogens (tertiary/aromatic N) is 2. The molecule has 5 rings (SSSR count). The van der Waals surface area contributed by atoms with Gasteiger partial charge in [-0.25, -0.2) is 0 Å². The summed E-state index contributed by atoms with van der Waals surface area (Å²) in [5, 5.41) is 5.83. The number of benzene rings is 2. The number of amides is 2. The van der Waals surface area contributed by atoms with Crippen LogP contribution in [0.2, 0.25) is 0 Å². The largest absolute Gasteiger partial charge is 0.497 e. The van der Waals surface area contributed by atoms with Crippen LogP contribution in [0.3, 0.4) is 0 Å². The molecule has 3 saturated heterocycles. The molecule has 7 heteroatoms. The van der Waals surface area contributed by atoms with E-state index in [2.05, 4.69) is 15.5 Å². The minimum atomic E-state index is -0.197. The summed E-state index contributed by atoms with van der Waals surface area (Å²) in [5.74, 6) is 0.577. The summed E-state index contributed by atoms with van der Waals surface area (Å²) in [4.78, 5) is 27.4. The summed E-state index contributed by atoms with van der Waals surface area (Å²) in [6.45, 7) is 6.95. The third-order valence-corrected chi connectivity index (χ3v) is 5.93. The zero-order valence-corrected chi connectivity index (χ0v) is 16.7. The predicted molar refractivity (Wildman–Crippen MR) is 112 cm³/mol. The number of anilines is 2. The lowest BCUT2D eigenvalue weighted by Gasteiger charge is -2.50. The Kier molecular flexibility index (Phi) is 5.51. The summed E-state index contributed by atoms with van der Waals surface area (Å²) in [6, 6.07) is 14.2. The maximum atomic E-state index is 12.5. The zero-order valence-electron chi connectivity index (χ0n) is 16.7. The van der Waals surface area contributed by atoms with Crippen molar-refractivity contribution in [2.24, 2.45) is 0 Å². The molecule has 2 aromatic carbocycles. The van der Waals surface area contributed by atoms with Crippen LogP contribution in [0.4, 0.5) is 11.4 Å². The Morgan fingerprint density at radius 2 is 1.45 bits per heavy atom. The van der Waals surface area contributed by atoms with Gasteiger partial charge in [0.2, 0.25) is 0 Å². The topological polar surface area (TPSA) is 70.7 Å². The van der Waals surface area contributed by atoms with Gasteiger partial charge in [0.15, 0.2) is 6.54 Å². The third-order valence-electron chi connectivity index (χ3n) is 5.93. The monoisotopic (exact) mass is 395 g/mol. The van der Waals surface area contributed by atoms with Crippen LogP contribution in [-0.4, -0.2) is 74.1 Å². The van der Waals surface area contributed by atoms with E-state index in [1.807, 2.05) is 0 Å². The number of piperazine rings is 3. The van der Waals surface area contributed by atoms with E-state index in [-0.39, 0.29) is 11.8 Å². The summed E-state index contributed by atoms with van der Waals surface area (Å²) in [6.07, 6.45) is 0. The molecule has 2 aromatic rings. The molecule has 3 aliphatic heterocycles. The van der Waals surface area contributed by atoms with Gasteiger partial charge in [-0.05, 0) is 48.5 Å². The van der Waals surface area contributed by atoms with Gasteiger partial charge in [-0.3, -0.25) is 14.5 Å². The molecule has 2 amide bonds. The molecule has 3 heterocycles. The van der Waals surface area contributed by atoms with Crippen molar-refractivity contribution in [1.29, 1.82) is 0 Å². The first-order valence-electron chi connectivity index (χ1n) is 9.98. The van der Waals surface area contributed by atoms with Crippen molar-refractivity contribution in [2.45, 2.75) is 0 Å². The Bertz CT molecular complexity index is 858. The van der Waals surface area contributed by atoms with Crippen molar-refractivity contribution < 1.29 is 18.8 Å². The van der Waals surface area contributed by atoms with Gasteiger partial charge < -0.3 is 19.9 Å². The van der Waals surface area contributed by atoms with E-state index in [0.29, 0.717) is 23.5 Å². The predicted octanol–water partition coefficient (Wildman–Crippen LogP) is 2.03. The average Bonchev–Trinajstić information content (AvgIpc) is 2.75. The lowest BCUT2D eigenvalue weighted by atomic mass is 10.1. The molecule has 152 valence electrons. The van der Waals surface area contributed by atoms with Crippen LogP contribution in [0, 0.1) is 0 Å². The Morgan fingerprint density at radius 3 is 2.03 bits per heavy atom. The van der Waals surface area contributed by atoms with Crippen molar-refractivity contribution in [3.63, 3.8) is 0 Å². The van der Waals surface area contributed by atoms with E-state index >= 15 is 0 Å². The molecule has 0 saturated carbocycles. The SMILES string of the molecule is COc1ccc(NC(=O)c2ccc(NC(=O)C[N+]34CCN(CC3)CC4)cc2)cc1. The lowest BCUT2D eigenvalue weighted by Crippen LogP contribution is -2.68. The second-order valence-corrected chi connectivity index (χ2v) is 7.82. The number of hydrogen-bond acceptors (Lipinski definition) is 4. The highest BCUT2D eigenvalue weighted by Crippen LogP contribution is 2.20. The molecule has 7 nitrogen and oxygen atoms in total. The van der Waals surface area contributed by atoms with E-state index < -0.39 is 0 Å². The number of hydrogen-bond donors (Lipinski definition) is 2. The Hall–Kier alpha value is -2.90. The Labute approximate surface area is 170 Å². The molecule has 3 fully saturated rings. The number of rotatable bonds is 6. The fourth-order valence-corrected chi connectivity index (χ4v) is 4.06. The highest BCUT2D eigenvalue weighted by molar-refractivity contribution is 6.04. The molecular weight excluding hydrogens is 368 g/mol. The van der Waals surface area contributed by atoms with Gasteiger partial charge in [0.05, 0.1) is 26.7 Å². The second-order valence-electron chi connectivity index (χ2n) is 7.82. The van der Waals surface area contributed by atoms with Gasteiger partial charge in [0, 0.05) is 36.6 Å². The van der Waals surface area contributed by atoms with Crippen molar-refractivity contribution in [3.05, 3.63) is 54.1 Å². The first kappa shape index (κ1) is 19.4. The smallest absolute Gasteiger partial charge is 0.279 e. The lowest BCUT2D eigenvalue weighted by molar-refractivity contribution is -0.933. The third kappa shape index (κ3) is 4.58. The van der Waals surface area contributed by atoms with E-state index in [9.17, 15) is 9.59 Å². The maximum Gasteiger partial charge on any atom is 0.279 e. The number of carbonyl (C=O) groups excluding carboxylic acids is 2. The fraction of sp³-hybridized carbons (Fsp3) is 0.364. The summed E-state index contributed by atoms with van der Waals surface area (Å²) >= 11 is 0. The summed E-state index contributed by atoms with van der Waals surface area (Å²) in [7, 11) is 1.60. The van der Waals surface area contributed by atoms with Gasteiger partial charge in [-0.1, -0.05) is 0 Å². The molecule has 0 radical (unpaired) electrons. The van der Waals surface area contributed by atoms with Crippen LogP contribution in [-0.2, 0) is 4.79 Å². The van der Waals surface area contributed by atoms with Gasteiger partial charge in [-0.2, -0.15) is 0 Å². The molecule has 29 heavy (non-hydrogen) atoms. The standard InChI is InChI=1S/C22H26N4O3/c1-29-20-8-6-19(7-9-20)24-22(28)17-2-4-18(5-3-17)23-21(27)16-26-13-10-25(11-14-26)12-15-26/h2-9H,10-16H2,1H3,(H-,23,24,27,28)/p+1. The van der Waals surface area contributed by atoms with Crippen molar-refractivity contribution in [2.75, 3.05) is 63.6 Å². The molecule has 0 unspecified atom stereocenters. The first-order chi connectivity index (χ1) is 14.0. The molecule has 3 aliphatic rings. The molecule has 2 bridgehead atoms. The van der Waals surface area contributed by atoms with Gasteiger partial charge in [0.1, 0.15) is 5.75 Å². The van der Waals surface area contributed by atoms with E-state index in [1.54, 1.807) is 55.6 Å². The van der Waals surface area contributed by atoms with Gasteiger partial charge in [-0.15, -0.1) is 0 Å². The second kappa shape index (κ2) is 8.23. The quantitative estimate of drug-likeness (QED) is 0.735. The Morgan fingerprint density at radius 1 is 0.897 bits per heavy atom. The van der Waals surface area contributed by atoms with E-state index in [4.69, 9.17) is 4.74 Å². The summed E-state index contributed by atoms with van der Waals surface area (Å²) in [5.41, 5.74) is 1.95. The van der Waals surface area contributed by atoms with Crippen molar-refractivity contribution >= 4 is 23.2 Å². The van der Waals surface area contributed by atoms with Crippen LogP contribution >= 0.6 is 0 Å². The number of nitrogens with one attached hydrogen (secondary N) is 2. The number of ether oxygens (including phenoxy) is 1. The summed E-state index contributed by atoms with van der Waals surface area (Å²) < 4.78 is 6.01. The van der Waals surface area contributed by atoms with E-state index in [0.717, 1.165) is 49.5 Å². The molecule has 2 N–H and O–H groups in total. The van der Waals surface area contributed by atoms with Crippen LogP contribution in [0.5, 0.6) is 5.75 Å². The normalized spacial score (nSPS) is 22.7. The minimum Gasteiger partial charge on any atom is -0.497 e. The fourth-order valence-electron chi connectivity index (χ4n) is 4.06. The number of quaternary nitrogens is 1. The van der Waals surface area contributed by atoms with Gasteiger partial charge in [0.25, 0.3) is 11.8 Å². The van der Waals surface area contributed by atoms with Crippen molar-refractivity contribution in [3.8, 4) is 5.75 Å². The van der Waals surface area contributed by atoms with Crippen LogP contribution < -0.4 is 15.4 Å². The Balaban J connectivity index is 1.32. The van der Waals surface area contributed by atoms with Crippen molar-refractivity contribution in [1.82, 2.24) is 4.90 Å². The highest BCUT2D eigenvalue weighted by atomic mass is 16.5. The first-order valence-corrected chi connectivity index (χ1v) is 9.98. The average molecular weight is 395 g/mol. The molecule has 0 spiro atoms. The minimum absolute atomic E-state index is 0.0378. The molecule has 0 atom stereocenters. The number of fused-ring (bicyclic) bond motifs is 3. The number of methoxy groups -OCH3 is 1. The van der Waals surface area contributed by atoms with Gasteiger partial charge >= 0.3 is 0 Å². The van der Waals surface area contributed by atoms with Crippen LogP contribution in [0.25, 0.3) is 0 Å². The number of carbonyl (C=O) groups is 2. The molecule has 0 aromatic heterocycles. The highest BCUT2D eigenvalue weighted by Gasteiger charge is 2.39. The molecular formula is C22H27N4O3+. The zero-order chi connectivity index (χ0) is 20.3. The van der Waals surface area contributed by atoms with E-state index in [1.165, 1.54) is 0 Å². The maximum absolute atomic E-state index is 12.5. The molecule has 0 aliphatic carbocycles.